The van der Waals surface area contributed by atoms with E-state index in [1.165, 1.54) is 19.2 Å². The molecule has 2 aromatic heterocycles. The summed E-state index contributed by atoms with van der Waals surface area (Å²) in [6.45, 7) is 2.02. The number of H-pyrrole nitrogens is 1. The zero-order chi connectivity index (χ0) is 24.0. The second-order valence-corrected chi connectivity index (χ2v) is 7.88. The average Bonchev–Trinajstić information content (AvgIpc) is 3.22. The van der Waals surface area contributed by atoms with Crippen LogP contribution in [0, 0.1) is 0 Å². The first-order chi connectivity index (χ1) is 15.5. The van der Waals surface area contributed by atoms with Crippen LogP contribution in [0.25, 0.3) is 21.7 Å². The number of fused-ring (bicyclic) bond motifs is 3. The number of amides is 2. The number of methoxy groups -OCH3 is 1. The number of alkyl halides is 3. The average molecular weight is 460 g/mol. The number of carbonyl (C=O) groups is 1. The van der Waals surface area contributed by atoms with Crippen molar-refractivity contribution in [1.82, 2.24) is 10.2 Å². The van der Waals surface area contributed by atoms with E-state index in [1.807, 2.05) is 0 Å². The first-order valence-electron chi connectivity index (χ1n) is 9.75. The van der Waals surface area contributed by atoms with Gasteiger partial charge in [0.2, 0.25) is 0 Å². The summed E-state index contributed by atoms with van der Waals surface area (Å²) in [6, 6.07) is 10.00. The van der Waals surface area contributed by atoms with Gasteiger partial charge in [0, 0.05) is 22.5 Å². The highest BCUT2D eigenvalue weighted by Crippen LogP contribution is 2.40. The third-order valence-electron chi connectivity index (χ3n) is 5.38. The van der Waals surface area contributed by atoms with E-state index in [0.717, 1.165) is 19.9 Å². The molecular weight excluding hydrogens is 441 g/mol. The predicted octanol–water partition coefficient (Wildman–Crippen LogP) is 5.16. The number of halogens is 3. The molecule has 172 valence electrons. The van der Waals surface area contributed by atoms with Crippen molar-refractivity contribution in [3.8, 4) is 5.75 Å². The molecule has 0 atom stereocenters. The van der Waals surface area contributed by atoms with Crippen LogP contribution in [0.1, 0.15) is 19.5 Å². The number of nitrogens with zero attached hydrogens (tertiary/aromatic N) is 1. The van der Waals surface area contributed by atoms with E-state index in [9.17, 15) is 22.8 Å². The summed E-state index contributed by atoms with van der Waals surface area (Å²) in [5, 5.41) is 12.5. The van der Waals surface area contributed by atoms with Crippen molar-refractivity contribution in [2.75, 3.05) is 17.7 Å². The minimum Gasteiger partial charge on any atom is -0.497 e. The van der Waals surface area contributed by atoms with E-state index < -0.39 is 23.2 Å². The molecule has 8 nitrogen and oxygen atoms in total. The van der Waals surface area contributed by atoms with Gasteiger partial charge in [-0.05, 0) is 50.2 Å². The number of aromatic amines is 1. The van der Waals surface area contributed by atoms with E-state index in [1.54, 1.807) is 24.3 Å². The minimum atomic E-state index is -4.50. The summed E-state index contributed by atoms with van der Waals surface area (Å²) in [5.74, 6) is 0.475. The molecule has 0 fully saturated rings. The Morgan fingerprint density at radius 1 is 1.03 bits per heavy atom. The molecule has 4 rings (SSSR count). The standard InChI is InChI=1S/C22H19F3N4O4/c1-21(2,22(23,24)25)17-10-18(29-28-17)27-20(31)26-11-4-7-16-15(8-11)14-9-12(32-3)5-6-13(14)19(30)33-16/h4-10H,1-3H3,(H3,26,27,28,29,31). The van der Waals surface area contributed by atoms with Gasteiger partial charge in [-0.2, -0.15) is 18.3 Å². The summed E-state index contributed by atoms with van der Waals surface area (Å²) in [6.07, 6.45) is -4.50. The maximum absolute atomic E-state index is 13.2. The highest BCUT2D eigenvalue weighted by Gasteiger charge is 2.49. The summed E-state index contributed by atoms with van der Waals surface area (Å²) in [4.78, 5) is 24.6. The molecule has 2 amide bonds. The number of benzene rings is 2. The van der Waals surface area contributed by atoms with Gasteiger partial charge in [-0.3, -0.25) is 10.4 Å². The summed E-state index contributed by atoms with van der Waals surface area (Å²) >= 11 is 0. The van der Waals surface area contributed by atoms with Crippen LogP contribution < -0.4 is 21.0 Å². The molecule has 33 heavy (non-hydrogen) atoms. The van der Waals surface area contributed by atoms with Crippen molar-refractivity contribution in [3.05, 3.63) is 58.6 Å². The number of carbonyl (C=O) groups excluding carboxylic acids is 1. The zero-order valence-corrected chi connectivity index (χ0v) is 17.8. The SMILES string of the molecule is COc1ccc2c(=O)oc3ccc(NC(=O)Nc4cc(C(C)(C)C(F)(F)F)[nH]n4)cc3c2c1. The molecule has 0 unspecified atom stereocenters. The molecule has 0 aliphatic rings. The summed E-state index contributed by atoms with van der Waals surface area (Å²) in [5.41, 5.74) is -2.18. The molecule has 2 aromatic carbocycles. The Balaban J connectivity index is 1.59. The van der Waals surface area contributed by atoms with Gasteiger partial charge >= 0.3 is 17.8 Å². The molecule has 0 aliphatic heterocycles. The van der Waals surface area contributed by atoms with Gasteiger partial charge in [0.05, 0.1) is 18.2 Å². The summed E-state index contributed by atoms with van der Waals surface area (Å²) < 4.78 is 50.2. The molecule has 0 spiro atoms. The summed E-state index contributed by atoms with van der Waals surface area (Å²) in [7, 11) is 1.50. The highest BCUT2D eigenvalue weighted by atomic mass is 19.4. The van der Waals surface area contributed by atoms with E-state index >= 15 is 0 Å². The van der Waals surface area contributed by atoms with Crippen LogP contribution in [-0.2, 0) is 5.41 Å². The van der Waals surface area contributed by atoms with Crippen molar-refractivity contribution in [2.24, 2.45) is 0 Å². The van der Waals surface area contributed by atoms with Crippen LogP contribution in [0.3, 0.4) is 0 Å². The molecule has 0 bridgehead atoms. The zero-order valence-electron chi connectivity index (χ0n) is 17.8. The van der Waals surface area contributed by atoms with Crippen LogP contribution in [0.2, 0.25) is 0 Å². The highest BCUT2D eigenvalue weighted by molar-refractivity contribution is 6.07. The van der Waals surface area contributed by atoms with Crippen molar-refractivity contribution >= 4 is 39.3 Å². The third-order valence-corrected chi connectivity index (χ3v) is 5.38. The topological polar surface area (TPSA) is 109 Å². The molecular formula is C22H19F3N4O4. The monoisotopic (exact) mass is 460 g/mol. The lowest BCUT2D eigenvalue weighted by Gasteiger charge is -2.25. The lowest BCUT2D eigenvalue weighted by Crippen LogP contribution is -2.36. The van der Waals surface area contributed by atoms with Crippen LogP contribution in [0.4, 0.5) is 29.5 Å². The van der Waals surface area contributed by atoms with Crippen molar-refractivity contribution in [3.63, 3.8) is 0 Å². The van der Waals surface area contributed by atoms with Gasteiger partial charge in [-0.1, -0.05) is 0 Å². The molecule has 0 radical (unpaired) electrons. The van der Waals surface area contributed by atoms with Crippen molar-refractivity contribution in [1.29, 1.82) is 0 Å². The Morgan fingerprint density at radius 2 is 1.79 bits per heavy atom. The minimum absolute atomic E-state index is 0.0678. The van der Waals surface area contributed by atoms with E-state index in [-0.39, 0.29) is 11.5 Å². The quantitative estimate of drug-likeness (QED) is 0.288. The number of rotatable bonds is 4. The second-order valence-electron chi connectivity index (χ2n) is 7.88. The fraction of sp³-hybridized carbons (Fsp3) is 0.227. The van der Waals surface area contributed by atoms with E-state index in [4.69, 9.17) is 9.15 Å². The largest absolute Gasteiger partial charge is 0.497 e. The van der Waals surface area contributed by atoms with E-state index in [0.29, 0.717) is 33.2 Å². The fourth-order valence-corrected chi connectivity index (χ4v) is 3.25. The van der Waals surface area contributed by atoms with Gasteiger partial charge in [0.1, 0.15) is 16.7 Å². The Hall–Kier alpha value is -4.02. The van der Waals surface area contributed by atoms with E-state index in [2.05, 4.69) is 20.8 Å². The molecule has 0 saturated heterocycles. The second kappa shape index (κ2) is 7.84. The maximum atomic E-state index is 13.2. The number of aromatic nitrogens is 2. The fourth-order valence-electron chi connectivity index (χ4n) is 3.25. The van der Waals surface area contributed by atoms with Gasteiger partial charge < -0.3 is 14.5 Å². The Morgan fingerprint density at radius 3 is 2.48 bits per heavy atom. The number of anilines is 2. The number of hydrogen-bond donors (Lipinski definition) is 3. The molecule has 11 heteroatoms. The molecule has 3 N–H and O–H groups in total. The number of hydrogen-bond acceptors (Lipinski definition) is 5. The van der Waals surface area contributed by atoms with Gasteiger partial charge in [-0.15, -0.1) is 0 Å². The lowest BCUT2D eigenvalue weighted by atomic mass is 9.89. The first-order valence-corrected chi connectivity index (χ1v) is 9.75. The number of urea groups is 1. The van der Waals surface area contributed by atoms with Crippen molar-refractivity contribution < 1.29 is 27.1 Å². The van der Waals surface area contributed by atoms with Crippen molar-refractivity contribution in [2.45, 2.75) is 25.4 Å². The van der Waals surface area contributed by atoms with Gasteiger partial charge in [-0.25, -0.2) is 9.59 Å². The van der Waals surface area contributed by atoms with Gasteiger partial charge in [0.15, 0.2) is 5.82 Å². The maximum Gasteiger partial charge on any atom is 0.399 e. The number of nitrogens with one attached hydrogen (secondary N) is 3. The third kappa shape index (κ3) is 4.09. The Kier molecular flexibility index (Phi) is 5.27. The van der Waals surface area contributed by atoms with Crippen LogP contribution in [0.5, 0.6) is 5.75 Å². The molecule has 2 heterocycles. The van der Waals surface area contributed by atoms with Crippen LogP contribution >= 0.6 is 0 Å². The first kappa shape index (κ1) is 22.2. The smallest absolute Gasteiger partial charge is 0.399 e. The molecule has 0 aliphatic carbocycles. The molecule has 0 saturated carbocycles. The molecule has 4 aromatic rings. The van der Waals surface area contributed by atoms with Crippen LogP contribution in [-0.4, -0.2) is 29.5 Å². The Labute approximate surface area is 184 Å². The van der Waals surface area contributed by atoms with Crippen LogP contribution in [0.15, 0.2) is 51.7 Å². The normalized spacial score (nSPS) is 12.2. The Bertz CT molecular complexity index is 1420. The lowest BCUT2D eigenvalue weighted by molar-refractivity contribution is -0.181. The number of ether oxygens (including phenoxy) is 1. The predicted molar refractivity (Wildman–Crippen MR) is 117 cm³/mol. The van der Waals surface area contributed by atoms with Gasteiger partial charge in [0.25, 0.3) is 0 Å².